The fourth-order valence-electron chi connectivity index (χ4n) is 3.94. The highest BCUT2D eigenvalue weighted by Gasteiger charge is 2.35. The maximum absolute atomic E-state index is 5.66. The molecule has 2 aliphatic rings. The molecule has 1 fully saturated rings. The summed E-state index contributed by atoms with van der Waals surface area (Å²) in [6.45, 7) is 5.55. The number of aliphatic imine (C=N–C) groups is 1. The Hall–Kier alpha value is -1.59. The number of benzene rings is 1. The van der Waals surface area contributed by atoms with Gasteiger partial charge in [-0.25, -0.2) is 4.98 Å². The zero-order chi connectivity index (χ0) is 20.8. The van der Waals surface area contributed by atoms with Crippen molar-refractivity contribution < 1.29 is 14.2 Å². The van der Waals surface area contributed by atoms with Crippen molar-refractivity contribution in [1.82, 2.24) is 15.6 Å². The highest BCUT2D eigenvalue weighted by Crippen LogP contribution is 2.40. The Kier molecular flexibility index (Phi) is 8.79. The molecule has 7 nitrogen and oxygen atoms in total. The number of thiazole rings is 1. The molecule has 0 spiro atoms. The number of fused-ring (bicyclic) bond motifs is 1. The predicted molar refractivity (Wildman–Crippen MR) is 134 cm³/mol. The third kappa shape index (κ3) is 5.81. The van der Waals surface area contributed by atoms with Crippen LogP contribution in [0.1, 0.15) is 35.2 Å². The molecule has 0 saturated carbocycles. The Bertz CT molecular complexity index is 883. The number of hydrogen-bond acceptors (Lipinski definition) is 6. The van der Waals surface area contributed by atoms with Crippen molar-refractivity contribution in [3.8, 4) is 11.5 Å². The van der Waals surface area contributed by atoms with Crippen LogP contribution in [0.15, 0.2) is 29.4 Å². The molecule has 2 aromatic rings. The minimum absolute atomic E-state index is 0. The average Bonchev–Trinajstić information content (AvgIpc) is 3.45. The number of ether oxygens (including phenoxy) is 3. The summed E-state index contributed by atoms with van der Waals surface area (Å²) in [5.74, 6) is 2.46. The molecule has 0 unspecified atom stereocenters. The van der Waals surface area contributed by atoms with Crippen molar-refractivity contribution in [1.29, 1.82) is 0 Å². The molecule has 1 saturated heterocycles. The van der Waals surface area contributed by atoms with E-state index >= 15 is 0 Å². The maximum atomic E-state index is 5.66. The fraction of sp³-hybridized carbons (Fsp3) is 0.545. The van der Waals surface area contributed by atoms with E-state index in [-0.39, 0.29) is 29.4 Å². The molecule has 0 amide bonds. The van der Waals surface area contributed by atoms with Gasteiger partial charge in [0.25, 0.3) is 0 Å². The smallest absolute Gasteiger partial charge is 0.231 e. The number of nitrogens with one attached hydrogen (secondary N) is 2. The second-order valence-corrected chi connectivity index (χ2v) is 8.84. The Balaban J connectivity index is 0.00000272. The standard InChI is InChI=1S/C22H30N4O3S.HI/c1-3-17-13-25-20(30-17)6-9-24-21(23-2)26-14-22(7-10-27-11-8-22)16-4-5-18-19(12-16)29-15-28-18;/h4-5,12-13H,3,6-11,14-15H2,1-2H3,(H2,23,24,26);1H. The third-order valence-electron chi connectivity index (χ3n) is 5.83. The molecule has 0 atom stereocenters. The van der Waals surface area contributed by atoms with E-state index < -0.39 is 0 Å². The van der Waals surface area contributed by atoms with Gasteiger partial charge in [0.1, 0.15) is 0 Å². The topological polar surface area (TPSA) is 77.0 Å². The van der Waals surface area contributed by atoms with Crippen LogP contribution in [-0.4, -0.2) is 51.1 Å². The molecule has 4 rings (SSSR count). The highest BCUT2D eigenvalue weighted by molar-refractivity contribution is 14.0. The van der Waals surface area contributed by atoms with E-state index in [1.165, 1.54) is 10.4 Å². The van der Waals surface area contributed by atoms with Crippen molar-refractivity contribution in [2.45, 2.75) is 38.0 Å². The van der Waals surface area contributed by atoms with Gasteiger partial charge < -0.3 is 24.8 Å². The van der Waals surface area contributed by atoms with Gasteiger partial charge in [0.05, 0.1) is 5.01 Å². The maximum Gasteiger partial charge on any atom is 0.231 e. The molecule has 31 heavy (non-hydrogen) atoms. The van der Waals surface area contributed by atoms with Gasteiger partial charge in [-0.05, 0) is 37.0 Å². The summed E-state index contributed by atoms with van der Waals surface area (Å²) >= 11 is 1.79. The Labute approximate surface area is 205 Å². The van der Waals surface area contributed by atoms with Crippen molar-refractivity contribution in [3.63, 3.8) is 0 Å². The minimum Gasteiger partial charge on any atom is -0.454 e. The van der Waals surface area contributed by atoms with Gasteiger partial charge >= 0.3 is 0 Å². The van der Waals surface area contributed by atoms with Crippen molar-refractivity contribution in [2.75, 3.05) is 40.1 Å². The molecule has 1 aromatic heterocycles. The molecular formula is C22H31IN4O3S. The van der Waals surface area contributed by atoms with Gasteiger partial charge in [-0.3, -0.25) is 4.99 Å². The van der Waals surface area contributed by atoms with Gasteiger partial charge in [0.15, 0.2) is 17.5 Å². The highest BCUT2D eigenvalue weighted by atomic mass is 127. The van der Waals surface area contributed by atoms with Crippen LogP contribution in [0.5, 0.6) is 11.5 Å². The second kappa shape index (κ2) is 11.3. The summed E-state index contributed by atoms with van der Waals surface area (Å²) in [6.07, 6.45) is 5.82. The first-order valence-electron chi connectivity index (χ1n) is 10.6. The van der Waals surface area contributed by atoms with Crippen LogP contribution >= 0.6 is 35.3 Å². The molecule has 2 N–H and O–H groups in total. The summed E-state index contributed by atoms with van der Waals surface area (Å²) in [6, 6.07) is 6.30. The summed E-state index contributed by atoms with van der Waals surface area (Å²) in [4.78, 5) is 10.2. The average molecular weight is 558 g/mol. The zero-order valence-corrected chi connectivity index (χ0v) is 21.3. The Morgan fingerprint density at radius 2 is 2.00 bits per heavy atom. The van der Waals surface area contributed by atoms with Crippen LogP contribution in [0.25, 0.3) is 0 Å². The van der Waals surface area contributed by atoms with Crippen molar-refractivity contribution in [2.24, 2.45) is 4.99 Å². The molecule has 3 heterocycles. The summed E-state index contributed by atoms with van der Waals surface area (Å²) in [5, 5.41) is 8.13. The summed E-state index contributed by atoms with van der Waals surface area (Å²) in [5.41, 5.74) is 1.23. The van der Waals surface area contributed by atoms with E-state index in [9.17, 15) is 0 Å². The fourth-order valence-corrected chi connectivity index (χ4v) is 4.81. The lowest BCUT2D eigenvalue weighted by molar-refractivity contribution is 0.0513. The second-order valence-electron chi connectivity index (χ2n) is 7.64. The molecule has 2 aliphatic heterocycles. The molecule has 170 valence electrons. The van der Waals surface area contributed by atoms with Crippen molar-refractivity contribution in [3.05, 3.63) is 39.8 Å². The molecular weight excluding hydrogens is 527 g/mol. The van der Waals surface area contributed by atoms with E-state index in [1.54, 1.807) is 11.3 Å². The molecule has 0 radical (unpaired) electrons. The van der Waals surface area contributed by atoms with Crippen LogP contribution < -0.4 is 20.1 Å². The Morgan fingerprint density at radius 1 is 1.19 bits per heavy atom. The van der Waals surface area contributed by atoms with Crippen LogP contribution in [0.2, 0.25) is 0 Å². The zero-order valence-electron chi connectivity index (χ0n) is 18.1. The van der Waals surface area contributed by atoms with E-state index in [2.05, 4.69) is 39.7 Å². The molecule has 0 aliphatic carbocycles. The van der Waals surface area contributed by atoms with Crippen LogP contribution in [0.3, 0.4) is 0 Å². The van der Waals surface area contributed by atoms with Crippen molar-refractivity contribution >= 4 is 41.3 Å². The van der Waals surface area contributed by atoms with Gasteiger partial charge in [-0.15, -0.1) is 35.3 Å². The number of aryl methyl sites for hydroxylation is 1. The number of halogens is 1. The monoisotopic (exact) mass is 558 g/mol. The van der Waals surface area contributed by atoms with Crippen LogP contribution in [0.4, 0.5) is 0 Å². The number of guanidine groups is 1. The van der Waals surface area contributed by atoms with Crippen LogP contribution in [-0.2, 0) is 23.0 Å². The molecule has 9 heteroatoms. The first-order chi connectivity index (χ1) is 14.7. The number of nitrogens with zero attached hydrogens (tertiary/aromatic N) is 2. The minimum atomic E-state index is -0.0256. The first-order valence-corrected chi connectivity index (χ1v) is 11.4. The van der Waals surface area contributed by atoms with Gasteiger partial charge in [0, 0.05) is 56.3 Å². The summed E-state index contributed by atoms with van der Waals surface area (Å²) < 4.78 is 16.8. The van der Waals surface area contributed by atoms with Crippen LogP contribution in [0, 0.1) is 0 Å². The quantitative estimate of drug-likeness (QED) is 0.308. The lowest BCUT2D eigenvalue weighted by Crippen LogP contribution is -2.48. The lowest BCUT2D eigenvalue weighted by atomic mass is 9.74. The number of hydrogen-bond donors (Lipinski definition) is 2. The molecule has 0 bridgehead atoms. The predicted octanol–water partition coefficient (Wildman–Crippen LogP) is 3.51. The number of rotatable bonds is 7. The lowest BCUT2D eigenvalue weighted by Gasteiger charge is -2.38. The van der Waals surface area contributed by atoms with Gasteiger partial charge in [0.2, 0.25) is 6.79 Å². The third-order valence-corrected chi connectivity index (χ3v) is 7.04. The summed E-state index contributed by atoms with van der Waals surface area (Å²) in [7, 11) is 1.81. The largest absolute Gasteiger partial charge is 0.454 e. The molecule has 1 aromatic carbocycles. The van der Waals surface area contributed by atoms with E-state index in [0.717, 1.165) is 74.5 Å². The van der Waals surface area contributed by atoms with E-state index in [0.29, 0.717) is 6.79 Å². The number of aromatic nitrogens is 1. The van der Waals surface area contributed by atoms with Gasteiger partial charge in [-0.2, -0.15) is 0 Å². The van der Waals surface area contributed by atoms with E-state index in [4.69, 9.17) is 14.2 Å². The van der Waals surface area contributed by atoms with Gasteiger partial charge in [-0.1, -0.05) is 13.0 Å². The normalized spacial score (nSPS) is 17.2. The van der Waals surface area contributed by atoms with E-state index in [1.807, 2.05) is 19.3 Å². The first kappa shape index (κ1) is 24.1. The SMILES string of the molecule is CCc1cnc(CCNC(=NC)NCC2(c3ccc4c(c3)OCO4)CCOCC2)s1.I. The Morgan fingerprint density at radius 3 is 2.74 bits per heavy atom.